The van der Waals surface area contributed by atoms with Gasteiger partial charge in [-0.05, 0) is 116 Å². The van der Waals surface area contributed by atoms with E-state index in [1.54, 1.807) is 5.57 Å². The zero-order valence-electron chi connectivity index (χ0n) is 20.9. The Bertz CT molecular complexity index is 761. The summed E-state index contributed by atoms with van der Waals surface area (Å²) in [5.74, 6) is 4.50. The van der Waals surface area contributed by atoms with E-state index in [9.17, 15) is 9.90 Å². The molecule has 5 unspecified atom stereocenters. The number of hydrogen-bond acceptors (Lipinski definition) is 2. The van der Waals surface area contributed by atoms with Crippen LogP contribution in [0.15, 0.2) is 23.3 Å². The molecule has 8 atom stereocenters. The molecule has 174 valence electrons. The highest BCUT2D eigenvalue weighted by Crippen LogP contribution is 2.67. The third-order valence-corrected chi connectivity index (χ3v) is 10.7. The number of rotatable bonds is 5. The molecule has 31 heavy (non-hydrogen) atoms. The molecule has 3 fully saturated rings. The number of aliphatic hydroxyl groups excluding tert-OH is 1. The minimum atomic E-state index is -0.405. The maximum Gasteiger partial charge on any atom is 0.155 e. The van der Waals surface area contributed by atoms with E-state index in [1.165, 1.54) is 38.5 Å². The van der Waals surface area contributed by atoms with Gasteiger partial charge in [0.05, 0.1) is 6.10 Å². The first-order valence-corrected chi connectivity index (χ1v) is 13.2. The summed E-state index contributed by atoms with van der Waals surface area (Å²) in [4.78, 5) is 12.1. The van der Waals surface area contributed by atoms with E-state index in [0.717, 1.165) is 36.2 Å². The van der Waals surface area contributed by atoms with E-state index < -0.39 is 6.10 Å². The van der Waals surface area contributed by atoms with E-state index in [2.05, 4.69) is 47.6 Å². The van der Waals surface area contributed by atoms with E-state index in [1.807, 2.05) is 6.08 Å². The third kappa shape index (κ3) is 3.79. The Balaban J connectivity index is 1.52. The number of aliphatic hydroxyl groups is 1. The van der Waals surface area contributed by atoms with Crippen LogP contribution in [-0.4, -0.2) is 17.0 Å². The molecule has 0 saturated heterocycles. The Morgan fingerprint density at radius 3 is 2.58 bits per heavy atom. The normalized spacial score (nSPS) is 43.9. The van der Waals surface area contributed by atoms with Crippen molar-refractivity contribution in [1.29, 1.82) is 0 Å². The smallest absolute Gasteiger partial charge is 0.155 e. The largest absolute Gasteiger partial charge is 0.389 e. The van der Waals surface area contributed by atoms with Crippen LogP contribution in [-0.2, 0) is 4.79 Å². The van der Waals surface area contributed by atoms with Crippen LogP contribution in [0, 0.1) is 46.3 Å². The summed E-state index contributed by atoms with van der Waals surface area (Å²) in [7, 11) is 0. The van der Waals surface area contributed by atoms with Crippen molar-refractivity contribution in [3.8, 4) is 0 Å². The Labute approximate surface area is 191 Å². The zero-order chi connectivity index (χ0) is 22.6. The van der Waals surface area contributed by atoms with Gasteiger partial charge in [-0.25, -0.2) is 0 Å². The first kappa shape index (κ1) is 23.3. The lowest BCUT2D eigenvalue weighted by molar-refractivity contribution is -0.119. The second-order valence-electron chi connectivity index (χ2n) is 12.4. The van der Waals surface area contributed by atoms with Gasteiger partial charge in [0.25, 0.3) is 0 Å². The number of ketones is 1. The molecule has 0 aromatic heterocycles. The molecule has 1 N–H and O–H groups in total. The van der Waals surface area contributed by atoms with Gasteiger partial charge in [0.1, 0.15) is 0 Å². The Morgan fingerprint density at radius 1 is 1.16 bits per heavy atom. The fourth-order valence-corrected chi connectivity index (χ4v) is 8.94. The summed E-state index contributed by atoms with van der Waals surface area (Å²) in [5, 5.41) is 11.1. The molecule has 0 bridgehead atoms. The second kappa shape index (κ2) is 8.47. The summed E-state index contributed by atoms with van der Waals surface area (Å²) >= 11 is 0. The van der Waals surface area contributed by atoms with Crippen LogP contribution < -0.4 is 0 Å². The van der Waals surface area contributed by atoms with Crippen molar-refractivity contribution in [2.24, 2.45) is 46.3 Å². The highest BCUT2D eigenvalue weighted by Gasteiger charge is 2.60. The van der Waals surface area contributed by atoms with Crippen LogP contribution in [0.4, 0.5) is 0 Å². The average molecular weight is 427 g/mol. The molecule has 4 rings (SSSR count). The SMILES string of the molecule is C/C=C(\CC[C@@H](C)C1CCC2C3CC(O)C4=CC(=O)CC[C@]4(C)C3CC[C@@]21C)C(C)C. The van der Waals surface area contributed by atoms with Gasteiger partial charge < -0.3 is 5.11 Å². The number of hydrogen-bond donors (Lipinski definition) is 1. The highest BCUT2D eigenvalue weighted by molar-refractivity contribution is 5.91. The van der Waals surface area contributed by atoms with Crippen molar-refractivity contribution in [1.82, 2.24) is 0 Å². The molecule has 0 radical (unpaired) electrons. The van der Waals surface area contributed by atoms with E-state index in [-0.39, 0.29) is 11.2 Å². The molecule has 0 aliphatic heterocycles. The van der Waals surface area contributed by atoms with E-state index >= 15 is 0 Å². The molecule has 0 spiro atoms. The molecular formula is C29H46O2. The first-order valence-electron chi connectivity index (χ1n) is 13.2. The summed E-state index contributed by atoms with van der Waals surface area (Å²) in [6.07, 6.45) is 14.1. The number of carbonyl (C=O) groups is 1. The average Bonchev–Trinajstić information content (AvgIpc) is 3.07. The monoisotopic (exact) mass is 426 g/mol. The minimum Gasteiger partial charge on any atom is -0.389 e. The molecule has 0 aromatic rings. The van der Waals surface area contributed by atoms with E-state index in [4.69, 9.17) is 0 Å². The van der Waals surface area contributed by atoms with Gasteiger partial charge in [0.15, 0.2) is 5.78 Å². The third-order valence-electron chi connectivity index (χ3n) is 10.7. The summed E-state index contributed by atoms with van der Waals surface area (Å²) in [6.45, 7) is 14.3. The molecular weight excluding hydrogens is 380 g/mol. The molecule has 2 nitrogen and oxygen atoms in total. The molecule has 3 saturated carbocycles. The highest BCUT2D eigenvalue weighted by atomic mass is 16.3. The van der Waals surface area contributed by atoms with Gasteiger partial charge in [-0.1, -0.05) is 46.3 Å². The van der Waals surface area contributed by atoms with Crippen molar-refractivity contribution < 1.29 is 9.90 Å². The van der Waals surface area contributed by atoms with Crippen LogP contribution in [0.25, 0.3) is 0 Å². The number of carbonyl (C=O) groups excluding carboxylic acids is 1. The minimum absolute atomic E-state index is 0.0410. The Kier molecular flexibility index (Phi) is 6.36. The summed E-state index contributed by atoms with van der Waals surface area (Å²) < 4.78 is 0. The second-order valence-corrected chi connectivity index (χ2v) is 12.4. The fraction of sp³-hybridized carbons (Fsp3) is 0.828. The maximum atomic E-state index is 12.1. The van der Waals surface area contributed by atoms with Gasteiger partial charge >= 0.3 is 0 Å². The molecule has 0 amide bonds. The molecule has 4 aliphatic rings. The predicted octanol–water partition coefficient (Wildman–Crippen LogP) is 7.12. The van der Waals surface area contributed by atoms with Crippen molar-refractivity contribution in [2.45, 2.75) is 105 Å². The van der Waals surface area contributed by atoms with Crippen LogP contribution in [0.2, 0.25) is 0 Å². The summed E-state index contributed by atoms with van der Waals surface area (Å²) in [6, 6.07) is 0. The lowest BCUT2D eigenvalue weighted by atomic mass is 9.46. The fourth-order valence-electron chi connectivity index (χ4n) is 8.94. The van der Waals surface area contributed by atoms with Crippen LogP contribution in [0.1, 0.15) is 99.3 Å². The molecule has 2 heteroatoms. The first-order chi connectivity index (χ1) is 14.6. The molecule has 0 heterocycles. The number of fused-ring (bicyclic) bond motifs is 5. The van der Waals surface area contributed by atoms with Crippen molar-refractivity contribution in [3.63, 3.8) is 0 Å². The zero-order valence-corrected chi connectivity index (χ0v) is 20.9. The van der Waals surface area contributed by atoms with Crippen molar-refractivity contribution in [3.05, 3.63) is 23.3 Å². The maximum absolute atomic E-state index is 12.1. The molecule has 4 aliphatic carbocycles. The van der Waals surface area contributed by atoms with Gasteiger partial charge in [-0.3, -0.25) is 4.79 Å². The number of allylic oxidation sites excluding steroid dienone is 2. The van der Waals surface area contributed by atoms with Gasteiger partial charge in [-0.15, -0.1) is 0 Å². The van der Waals surface area contributed by atoms with Gasteiger partial charge in [0.2, 0.25) is 0 Å². The molecule has 0 aromatic carbocycles. The van der Waals surface area contributed by atoms with Gasteiger partial charge in [-0.2, -0.15) is 0 Å². The summed E-state index contributed by atoms with van der Waals surface area (Å²) in [5.41, 5.74) is 3.16. The van der Waals surface area contributed by atoms with Gasteiger partial charge in [0, 0.05) is 6.42 Å². The Hall–Kier alpha value is -0.890. The quantitative estimate of drug-likeness (QED) is 0.475. The topological polar surface area (TPSA) is 37.3 Å². The van der Waals surface area contributed by atoms with E-state index in [0.29, 0.717) is 29.6 Å². The van der Waals surface area contributed by atoms with Crippen LogP contribution in [0.3, 0.4) is 0 Å². The van der Waals surface area contributed by atoms with Crippen molar-refractivity contribution >= 4 is 5.78 Å². The lowest BCUT2D eigenvalue weighted by Gasteiger charge is -2.59. The lowest BCUT2D eigenvalue weighted by Crippen LogP contribution is -2.54. The predicted molar refractivity (Wildman–Crippen MR) is 129 cm³/mol. The van der Waals surface area contributed by atoms with Crippen LogP contribution >= 0.6 is 0 Å². The van der Waals surface area contributed by atoms with Crippen molar-refractivity contribution in [2.75, 3.05) is 0 Å². The Morgan fingerprint density at radius 2 is 1.90 bits per heavy atom. The van der Waals surface area contributed by atoms with Crippen LogP contribution in [0.5, 0.6) is 0 Å². The standard InChI is InChI=1S/C29H46O2/c1-7-20(18(2)3)9-8-19(4)23-10-11-24-22-17-27(31)26-16-21(30)12-14-29(26,6)25(22)13-15-28(23,24)5/h7,16,18-19,22-25,27,31H,8-15,17H2,1-6H3/b20-7+/t19-,22?,23?,24?,25?,27?,28-,29-/m1/s1.